The van der Waals surface area contributed by atoms with Crippen LogP contribution in [0.25, 0.3) is 0 Å². The number of hydrogen-bond acceptors (Lipinski definition) is 5. The highest BCUT2D eigenvalue weighted by molar-refractivity contribution is 7.09. The SMILES string of the molecule is Cl.c1csc(CNCc2ccc(OCc3ccc4c(c3)OCCO4)cc2)c1. The van der Waals surface area contributed by atoms with Gasteiger partial charge < -0.3 is 19.5 Å². The molecule has 6 heteroatoms. The van der Waals surface area contributed by atoms with Crippen molar-refractivity contribution in [2.45, 2.75) is 19.7 Å². The monoisotopic (exact) mass is 403 g/mol. The average Bonchev–Trinajstić information content (AvgIpc) is 3.21. The maximum atomic E-state index is 5.89. The Morgan fingerprint density at radius 1 is 0.889 bits per heavy atom. The third-order valence-corrected chi connectivity index (χ3v) is 5.02. The van der Waals surface area contributed by atoms with Gasteiger partial charge in [-0.15, -0.1) is 23.7 Å². The number of thiophene rings is 1. The average molecular weight is 404 g/mol. The van der Waals surface area contributed by atoms with Gasteiger partial charge in [0.2, 0.25) is 0 Å². The molecule has 0 atom stereocenters. The van der Waals surface area contributed by atoms with Crippen molar-refractivity contribution in [2.24, 2.45) is 0 Å². The van der Waals surface area contributed by atoms with Crippen LogP contribution in [0.5, 0.6) is 17.2 Å². The van der Waals surface area contributed by atoms with E-state index < -0.39 is 0 Å². The van der Waals surface area contributed by atoms with Gasteiger partial charge in [-0.05, 0) is 46.8 Å². The molecule has 0 spiro atoms. The molecule has 1 N–H and O–H groups in total. The molecule has 142 valence electrons. The number of nitrogens with one attached hydrogen (secondary N) is 1. The van der Waals surface area contributed by atoms with Gasteiger partial charge in [-0.2, -0.15) is 0 Å². The molecule has 0 unspecified atom stereocenters. The van der Waals surface area contributed by atoms with Crippen molar-refractivity contribution < 1.29 is 14.2 Å². The van der Waals surface area contributed by atoms with E-state index in [9.17, 15) is 0 Å². The number of hydrogen-bond donors (Lipinski definition) is 1. The first kappa shape index (κ1) is 19.5. The molecular weight excluding hydrogens is 382 g/mol. The van der Waals surface area contributed by atoms with Gasteiger partial charge in [0.25, 0.3) is 0 Å². The summed E-state index contributed by atoms with van der Waals surface area (Å²) in [4.78, 5) is 1.35. The number of fused-ring (bicyclic) bond motifs is 1. The molecule has 4 nitrogen and oxygen atoms in total. The predicted molar refractivity (Wildman–Crippen MR) is 110 cm³/mol. The van der Waals surface area contributed by atoms with Gasteiger partial charge in [0, 0.05) is 18.0 Å². The smallest absolute Gasteiger partial charge is 0.161 e. The van der Waals surface area contributed by atoms with Crippen LogP contribution in [0.3, 0.4) is 0 Å². The zero-order valence-electron chi connectivity index (χ0n) is 14.9. The van der Waals surface area contributed by atoms with E-state index in [2.05, 4.69) is 35.0 Å². The zero-order valence-corrected chi connectivity index (χ0v) is 16.5. The van der Waals surface area contributed by atoms with E-state index in [1.165, 1.54) is 10.4 Å². The lowest BCUT2D eigenvalue weighted by atomic mass is 10.2. The lowest BCUT2D eigenvalue weighted by molar-refractivity contribution is 0.171. The van der Waals surface area contributed by atoms with Crippen molar-refractivity contribution >= 4 is 23.7 Å². The van der Waals surface area contributed by atoms with Crippen molar-refractivity contribution in [1.29, 1.82) is 0 Å². The van der Waals surface area contributed by atoms with Gasteiger partial charge in [-0.1, -0.05) is 24.3 Å². The minimum Gasteiger partial charge on any atom is -0.489 e. The van der Waals surface area contributed by atoms with Crippen molar-refractivity contribution in [3.63, 3.8) is 0 Å². The Kier molecular flexibility index (Phi) is 6.98. The summed E-state index contributed by atoms with van der Waals surface area (Å²) in [5.74, 6) is 2.46. The van der Waals surface area contributed by atoms with E-state index in [1.54, 1.807) is 11.3 Å². The largest absolute Gasteiger partial charge is 0.489 e. The standard InChI is InChI=1S/C21H21NO3S.ClH/c1-2-19(26-11-1)14-22-13-16-3-6-18(7-4-16)25-15-17-5-8-20-21(12-17)24-10-9-23-20;/h1-8,11-12,22H,9-10,13-15H2;1H. The Balaban J connectivity index is 0.00000210. The molecule has 0 aliphatic carbocycles. The summed E-state index contributed by atoms with van der Waals surface area (Å²) in [7, 11) is 0. The van der Waals surface area contributed by atoms with Gasteiger partial charge in [0.1, 0.15) is 25.6 Å². The third-order valence-electron chi connectivity index (χ3n) is 4.14. The van der Waals surface area contributed by atoms with Crippen LogP contribution in [-0.4, -0.2) is 13.2 Å². The molecule has 1 aromatic heterocycles. The fourth-order valence-electron chi connectivity index (χ4n) is 2.79. The van der Waals surface area contributed by atoms with E-state index >= 15 is 0 Å². The van der Waals surface area contributed by atoms with Crippen molar-refractivity contribution in [3.05, 3.63) is 76.0 Å². The minimum absolute atomic E-state index is 0. The first-order chi connectivity index (χ1) is 12.9. The van der Waals surface area contributed by atoms with E-state index in [4.69, 9.17) is 14.2 Å². The fraction of sp³-hybridized carbons (Fsp3) is 0.238. The highest BCUT2D eigenvalue weighted by Gasteiger charge is 2.11. The molecule has 3 aromatic rings. The van der Waals surface area contributed by atoms with E-state index in [0.717, 1.165) is 35.9 Å². The van der Waals surface area contributed by atoms with Crippen LogP contribution in [-0.2, 0) is 19.7 Å². The summed E-state index contributed by atoms with van der Waals surface area (Å²) in [5, 5.41) is 5.56. The predicted octanol–water partition coefficient (Wildman–Crippen LogP) is 4.81. The molecule has 1 aliphatic rings. The molecule has 4 rings (SSSR count). The molecule has 0 amide bonds. The van der Waals surface area contributed by atoms with E-state index in [1.807, 2.05) is 30.3 Å². The molecule has 0 radical (unpaired) electrons. The summed E-state index contributed by atoms with van der Waals surface area (Å²) < 4.78 is 17.0. The van der Waals surface area contributed by atoms with Crippen LogP contribution in [0.1, 0.15) is 16.0 Å². The Hall–Kier alpha value is -2.21. The van der Waals surface area contributed by atoms with Gasteiger partial charge in [0.05, 0.1) is 0 Å². The van der Waals surface area contributed by atoms with Crippen LogP contribution < -0.4 is 19.5 Å². The maximum absolute atomic E-state index is 5.89. The fourth-order valence-corrected chi connectivity index (χ4v) is 3.47. The minimum atomic E-state index is 0. The molecular formula is C21H22ClNO3S. The maximum Gasteiger partial charge on any atom is 0.161 e. The number of halogens is 1. The third kappa shape index (κ3) is 5.39. The lowest BCUT2D eigenvalue weighted by Crippen LogP contribution is -2.15. The molecule has 0 fully saturated rings. The number of benzene rings is 2. The first-order valence-corrected chi connectivity index (χ1v) is 9.58. The second-order valence-electron chi connectivity index (χ2n) is 6.09. The van der Waals surface area contributed by atoms with Crippen LogP contribution in [0, 0.1) is 0 Å². The van der Waals surface area contributed by atoms with Crippen molar-refractivity contribution in [3.8, 4) is 17.2 Å². The highest BCUT2D eigenvalue weighted by Crippen LogP contribution is 2.31. The Bertz CT molecular complexity index is 837. The Labute approximate surface area is 169 Å². The quantitative estimate of drug-likeness (QED) is 0.614. The van der Waals surface area contributed by atoms with Crippen LogP contribution >= 0.6 is 23.7 Å². The topological polar surface area (TPSA) is 39.7 Å². The second-order valence-corrected chi connectivity index (χ2v) is 7.13. The first-order valence-electron chi connectivity index (χ1n) is 8.70. The molecule has 0 saturated heterocycles. The number of rotatable bonds is 7. The molecule has 2 heterocycles. The molecule has 1 aliphatic heterocycles. The van der Waals surface area contributed by atoms with Crippen molar-refractivity contribution in [1.82, 2.24) is 5.32 Å². The summed E-state index contributed by atoms with van der Waals surface area (Å²) in [6, 6.07) is 18.4. The molecule has 0 saturated carbocycles. The molecule has 27 heavy (non-hydrogen) atoms. The normalized spacial score (nSPS) is 12.3. The molecule has 0 bridgehead atoms. The van der Waals surface area contributed by atoms with Crippen LogP contribution in [0.2, 0.25) is 0 Å². The highest BCUT2D eigenvalue weighted by atomic mass is 35.5. The summed E-state index contributed by atoms with van der Waals surface area (Å²) in [5.41, 5.74) is 2.31. The lowest BCUT2D eigenvalue weighted by Gasteiger charge is -2.19. The van der Waals surface area contributed by atoms with Gasteiger partial charge in [-0.3, -0.25) is 0 Å². The summed E-state index contributed by atoms with van der Waals surface area (Å²) >= 11 is 1.77. The summed E-state index contributed by atoms with van der Waals surface area (Å²) in [6.45, 7) is 3.46. The van der Waals surface area contributed by atoms with Crippen LogP contribution in [0.4, 0.5) is 0 Å². The molecule has 2 aromatic carbocycles. The van der Waals surface area contributed by atoms with Gasteiger partial charge in [-0.25, -0.2) is 0 Å². The second kappa shape index (κ2) is 9.65. The van der Waals surface area contributed by atoms with Gasteiger partial charge in [0.15, 0.2) is 11.5 Å². The Morgan fingerprint density at radius 3 is 2.44 bits per heavy atom. The van der Waals surface area contributed by atoms with E-state index in [-0.39, 0.29) is 12.4 Å². The zero-order chi connectivity index (χ0) is 17.6. The Morgan fingerprint density at radius 2 is 1.67 bits per heavy atom. The summed E-state index contributed by atoms with van der Waals surface area (Å²) in [6.07, 6.45) is 0. The van der Waals surface area contributed by atoms with E-state index in [0.29, 0.717) is 19.8 Å². The van der Waals surface area contributed by atoms with Crippen molar-refractivity contribution in [2.75, 3.05) is 13.2 Å². The van der Waals surface area contributed by atoms with Gasteiger partial charge >= 0.3 is 0 Å². The van der Waals surface area contributed by atoms with Crippen LogP contribution in [0.15, 0.2) is 60.0 Å². The number of ether oxygens (including phenoxy) is 3.